The minimum Gasteiger partial charge on any atom is -0.334 e. The lowest BCUT2D eigenvalue weighted by atomic mass is 10.1. The van der Waals surface area contributed by atoms with Gasteiger partial charge in [0, 0.05) is 18.2 Å². The van der Waals surface area contributed by atoms with Gasteiger partial charge in [-0.1, -0.05) is 42.0 Å². The first-order chi connectivity index (χ1) is 13.5. The molecular weight excluding hydrogens is 375 g/mol. The maximum Gasteiger partial charge on any atom is 0.243 e. The van der Waals surface area contributed by atoms with Gasteiger partial charge in [-0.25, -0.2) is 4.39 Å². The molecule has 0 atom stereocenters. The van der Waals surface area contributed by atoms with E-state index in [1.807, 2.05) is 36.1 Å². The van der Waals surface area contributed by atoms with E-state index >= 15 is 0 Å². The Bertz CT molecular complexity index is 1040. The third kappa shape index (κ3) is 4.04. The Morgan fingerprint density at radius 3 is 2.54 bits per heavy atom. The van der Waals surface area contributed by atoms with E-state index in [1.165, 1.54) is 12.1 Å². The van der Waals surface area contributed by atoms with Gasteiger partial charge in [-0.05, 0) is 49.7 Å². The summed E-state index contributed by atoms with van der Waals surface area (Å²) < 4.78 is 15.3. The third-order valence-electron chi connectivity index (χ3n) is 4.94. The van der Waals surface area contributed by atoms with Crippen LogP contribution in [0.3, 0.4) is 0 Å². The van der Waals surface area contributed by atoms with Crippen LogP contribution in [0.25, 0.3) is 11.4 Å². The van der Waals surface area contributed by atoms with Crippen molar-refractivity contribution in [3.05, 3.63) is 70.2 Å². The lowest BCUT2D eigenvalue weighted by Gasteiger charge is -2.23. The first kappa shape index (κ1) is 18.6. The highest BCUT2D eigenvalue weighted by molar-refractivity contribution is 7.71. The Kier molecular flexibility index (Phi) is 5.09. The predicted octanol–water partition coefficient (Wildman–Crippen LogP) is 4.25. The summed E-state index contributed by atoms with van der Waals surface area (Å²) >= 11 is 5.36. The summed E-state index contributed by atoms with van der Waals surface area (Å²) in [4.78, 5) is 15.0. The number of H-pyrrole nitrogens is 1. The van der Waals surface area contributed by atoms with E-state index in [4.69, 9.17) is 12.2 Å². The van der Waals surface area contributed by atoms with Crippen LogP contribution in [0.4, 0.5) is 4.39 Å². The van der Waals surface area contributed by atoms with Crippen LogP contribution in [0, 0.1) is 17.5 Å². The molecule has 5 nitrogen and oxygen atoms in total. The zero-order chi connectivity index (χ0) is 19.7. The number of hydrogen-bond donors (Lipinski definition) is 1. The van der Waals surface area contributed by atoms with Crippen molar-refractivity contribution in [3.63, 3.8) is 0 Å². The highest BCUT2D eigenvalue weighted by atomic mass is 32.1. The fourth-order valence-corrected chi connectivity index (χ4v) is 3.40. The maximum absolute atomic E-state index is 13.2. The van der Waals surface area contributed by atoms with E-state index in [0.717, 1.165) is 29.5 Å². The van der Waals surface area contributed by atoms with Crippen molar-refractivity contribution in [2.45, 2.75) is 38.9 Å². The van der Waals surface area contributed by atoms with Crippen LogP contribution in [0.1, 0.15) is 24.0 Å². The first-order valence-electron chi connectivity index (χ1n) is 9.27. The van der Waals surface area contributed by atoms with Gasteiger partial charge >= 0.3 is 0 Å². The molecule has 7 heteroatoms. The number of amides is 1. The molecule has 0 saturated heterocycles. The number of aromatic amines is 1. The molecule has 0 spiro atoms. The van der Waals surface area contributed by atoms with Crippen LogP contribution in [0.2, 0.25) is 0 Å². The van der Waals surface area contributed by atoms with E-state index < -0.39 is 0 Å². The zero-order valence-corrected chi connectivity index (χ0v) is 16.4. The van der Waals surface area contributed by atoms with Crippen LogP contribution in [-0.4, -0.2) is 31.6 Å². The number of hydrogen-bond acceptors (Lipinski definition) is 3. The molecule has 1 N–H and O–H groups in total. The number of halogens is 1. The predicted molar refractivity (Wildman–Crippen MR) is 108 cm³/mol. The zero-order valence-electron chi connectivity index (χ0n) is 15.6. The van der Waals surface area contributed by atoms with Gasteiger partial charge in [-0.2, -0.15) is 5.10 Å². The van der Waals surface area contributed by atoms with E-state index in [0.29, 0.717) is 17.1 Å². The topological polar surface area (TPSA) is 53.9 Å². The normalized spacial score (nSPS) is 13.5. The summed E-state index contributed by atoms with van der Waals surface area (Å²) in [6, 6.07) is 14.5. The Labute approximate surface area is 167 Å². The molecule has 1 fully saturated rings. The van der Waals surface area contributed by atoms with E-state index in [9.17, 15) is 9.18 Å². The molecule has 28 heavy (non-hydrogen) atoms. The number of aryl methyl sites for hydroxylation is 1. The monoisotopic (exact) mass is 396 g/mol. The number of nitrogens with one attached hydrogen (secondary N) is 1. The SMILES string of the molecule is Cc1ccc(-c2n[nH]c(=S)n2CC(=O)N(Cc2ccc(F)cc2)C2CC2)cc1. The highest BCUT2D eigenvalue weighted by Gasteiger charge is 2.33. The fourth-order valence-electron chi connectivity index (χ4n) is 3.21. The van der Waals surface area contributed by atoms with Gasteiger partial charge in [0.1, 0.15) is 12.4 Å². The lowest BCUT2D eigenvalue weighted by Crippen LogP contribution is -2.35. The summed E-state index contributed by atoms with van der Waals surface area (Å²) in [5.41, 5.74) is 2.97. The van der Waals surface area contributed by atoms with Crippen LogP contribution >= 0.6 is 12.2 Å². The Hall–Kier alpha value is -2.80. The van der Waals surface area contributed by atoms with Crippen molar-refractivity contribution >= 4 is 18.1 Å². The standard InChI is InChI=1S/C21H21FN4OS/c1-14-2-6-16(7-3-14)20-23-24-21(28)26(20)13-19(27)25(18-10-11-18)12-15-4-8-17(22)9-5-15/h2-9,18H,10-13H2,1H3,(H,24,28). The van der Waals surface area contributed by atoms with Crippen molar-refractivity contribution in [1.82, 2.24) is 19.7 Å². The molecular formula is C21H21FN4OS. The molecule has 1 aromatic heterocycles. The summed E-state index contributed by atoms with van der Waals surface area (Å²) in [6.07, 6.45) is 1.99. The first-order valence-corrected chi connectivity index (χ1v) is 9.68. The maximum atomic E-state index is 13.2. The molecule has 1 heterocycles. The van der Waals surface area contributed by atoms with E-state index in [2.05, 4.69) is 10.2 Å². The Morgan fingerprint density at radius 2 is 1.89 bits per heavy atom. The number of benzene rings is 2. The van der Waals surface area contributed by atoms with Gasteiger partial charge < -0.3 is 4.90 Å². The molecule has 1 aliphatic rings. The smallest absolute Gasteiger partial charge is 0.243 e. The number of carbonyl (C=O) groups is 1. The van der Waals surface area contributed by atoms with Crippen molar-refractivity contribution in [3.8, 4) is 11.4 Å². The molecule has 1 saturated carbocycles. The molecule has 3 aromatic rings. The Balaban J connectivity index is 1.56. The van der Waals surface area contributed by atoms with Crippen molar-refractivity contribution in [1.29, 1.82) is 0 Å². The minimum atomic E-state index is -0.277. The van der Waals surface area contributed by atoms with Crippen molar-refractivity contribution in [2.75, 3.05) is 0 Å². The van der Waals surface area contributed by atoms with Crippen LogP contribution in [-0.2, 0) is 17.9 Å². The van der Waals surface area contributed by atoms with Crippen LogP contribution in [0.5, 0.6) is 0 Å². The molecule has 2 aromatic carbocycles. The van der Waals surface area contributed by atoms with Crippen LogP contribution in [0.15, 0.2) is 48.5 Å². The summed E-state index contributed by atoms with van der Waals surface area (Å²) in [5.74, 6) is 0.356. The molecule has 1 aliphatic carbocycles. The van der Waals surface area contributed by atoms with Gasteiger partial charge in [-0.15, -0.1) is 0 Å². The van der Waals surface area contributed by atoms with Crippen molar-refractivity contribution < 1.29 is 9.18 Å². The summed E-state index contributed by atoms with van der Waals surface area (Å²) in [5, 5.41) is 7.11. The second kappa shape index (κ2) is 7.67. The Morgan fingerprint density at radius 1 is 1.21 bits per heavy atom. The van der Waals surface area contributed by atoms with Crippen LogP contribution < -0.4 is 0 Å². The summed E-state index contributed by atoms with van der Waals surface area (Å²) in [6.45, 7) is 2.61. The molecule has 144 valence electrons. The molecule has 0 unspecified atom stereocenters. The minimum absolute atomic E-state index is 0.0160. The van der Waals surface area contributed by atoms with Crippen molar-refractivity contribution in [2.24, 2.45) is 0 Å². The highest BCUT2D eigenvalue weighted by Crippen LogP contribution is 2.29. The van der Waals surface area contributed by atoms with E-state index in [-0.39, 0.29) is 24.3 Å². The second-order valence-electron chi connectivity index (χ2n) is 7.18. The van der Waals surface area contributed by atoms with Gasteiger partial charge in [0.2, 0.25) is 5.91 Å². The average molecular weight is 396 g/mol. The van der Waals surface area contributed by atoms with Gasteiger partial charge in [0.05, 0.1) is 0 Å². The van der Waals surface area contributed by atoms with E-state index in [1.54, 1.807) is 16.7 Å². The largest absolute Gasteiger partial charge is 0.334 e. The second-order valence-corrected chi connectivity index (χ2v) is 7.57. The third-order valence-corrected chi connectivity index (χ3v) is 5.25. The van der Waals surface area contributed by atoms with Gasteiger partial charge in [0.15, 0.2) is 10.6 Å². The quantitative estimate of drug-likeness (QED) is 0.634. The molecule has 1 amide bonds. The number of aromatic nitrogens is 3. The molecule has 0 aliphatic heterocycles. The average Bonchev–Trinajstić information content (AvgIpc) is 3.46. The van der Waals surface area contributed by atoms with Gasteiger partial charge in [-0.3, -0.25) is 14.5 Å². The lowest BCUT2D eigenvalue weighted by molar-refractivity contribution is -0.133. The molecule has 4 rings (SSSR count). The number of carbonyl (C=O) groups excluding carboxylic acids is 1. The number of rotatable bonds is 6. The molecule has 0 bridgehead atoms. The number of nitrogens with zero attached hydrogens (tertiary/aromatic N) is 3. The molecule has 0 radical (unpaired) electrons. The summed E-state index contributed by atoms with van der Waals surface area (Å²) in [7, 11) is 0. The fraction of sp³-hybridized carbons (Fsp3) is 0.286. The van der Waals surface area contributed by atoms with Gasteiger partial charge in [0.25, 0.3) is 0 Å².